The topological polar surface area (TPSA) is 89.6 Å². The normalized spacial score (nSPS) is 11.0. The monoisotopic (exact) mass is 385 g/mol. The van der Waals surface area contributed by atoms with Gasteiger partial charge in [-0.15, -0.1) is 0 Å². The van der Waals surface area contributed by atoms with Crippen LogP contribution in [0.2, 0.25) is 5.02 Å². The first-order chi connectivity index (χ1) is 11.9. The van der Waals surface area contributed by atoms with Gasteiger partial charge in [0.1, 0.15) is 17.3 Å². The molecular weight excluding hydrogens is 366 g/mol. The van der Waals surface area contributed by atoms with Crippen LogP contribution in [0, 0.1) is 0 Å². The number of aromatic nitrogens is 1. The maximum atomic E-state index is 11.8. The van der Waals surface area contributed by atoms with Crippen LogP contribution in [-0.4, -0.2) is 33.4 Å². The van der Waals surface area contributed by atoms with E-state index in [9.17, 15) is 8.42 Å². The Bertz CT molecular complexity index is 826. The number of anilines is 3. The maximum Gasteiger partial charge on any atom is 0.233 e. The fourth-order valence-electron chi connectivity index (χ4n) is 2.12. The second-order valence-electron chi connectivity index (χ2n) is 5.17. The van der Waals surface area contributed by atoms with Crippen molar-refractivity contribution < 1.29 is 17.9 Å². The molecule has 25 heavy (non-hydrogen) atoms. The Morgan fingerprint density at radius 2 is 1.88 bits per heavy atom. The molecule has 1 aromatic heterocycles. The van der Waals surface area contributed by atoms with Gasteiger partial charge in [-0.1, -0.05) is 18.5 Å². The standard InChI is InChI=1S/C16H20ClN3O4S/c1-4-7-25(21,22)20-16-6-5-11(10-18-16)19-13-9-14(23-2)12(17)8-15(13)24-3/h5-6,8-10,19H,4,7H2,1-3H3,(H,18,20). The molecule has 1 aromatic carbocycles. The van der Waals surface area contributed by atoms with E-state index in [0.717, 1.165) is 0 Å². The second-order valence-corrected chi connectivity index (χ2v) is 7.41. The average Bonchev–Trinajstić information content (AvgIpc) is 2.57. The summed E-state index contributed by atoms with van der Waals surface area (Å²) in [6.07, 6.45) is 2.05. The molecule has 0 fully saturated rings. The van der Waals surface area contributed by atoms with Gasteiger partial charge in [0.05, 0.1) is 42.6 Å². The fraction of sp³-hybridized carbons (Fsp3) is 0.312. The van der Waals surface area contributed by atoms with Gasteiger partial charge in [-0.3, -0.25) is 4.72 Å². The summed E-state index contributed by atoms with van der Waals surface area (Å²) < 4.78 is 36.4. The zero-order chi connectivity index (χ0) is 18.4. The number of halogens is 1. The molecule has 0 aliphatic carbocycles. The van der Waals surface area contributed by atoms with Crippen LogP contribution in [0.5, 0.6) is 11.5 Å². The van der Waals surface area contributed by atoms with E-state index in [-0.39, 0.29) is 11.6 Å². The van der Waals surface area contributed by atoms with Crippen LogP contribution in [0.1, 0.15) is 13.3 Å². The lowest BCUT2D eigenvalue weighted by molar-refractivity contribution is 0.405. The summed E-state index contributed by atoms with van der Waals surface area (Å²) in [6.45, 7) is 1.80. The van der Waals surface area contributed by atoms with Crippen LogP contribution < -0.4 is 19.5 Å². The van der Waals surface area contributed by atoms with E-state index in [1.165, 1.54) is 20.4 Å². The van der Waals surface area contributed by atoms with Crippen molar-refractivity contribution in [3.8, 4) is 11.5 Å². The molecule has 9 heteroatoms. The molecule has 2 rings (SSSR count). The predicted octanol–water partition coefficient (Wildman–Crippen LogP) is 3.65. The number of rotatable bonds is 8. The van der Waals surface area contributed by atoms with Gasteiger partial charge < -0.3 is 14.8 Å². The first-order valence-corrected chi connectivity index (χ1v) is 9.56. The van der Waals surface area contributed by atoms with Gasteiger partial charge in [0.15, 0.2) is 0 Å². The van der Waals surface area contributed by atoms with E-state index in [2.05, 4.69) is 15.0 Å². The molecule has 2 N–H and O–H groups in total. The molecule has 136 valence electrons. The number of methoxy groups -OCH3 is 2. The van der Waals surface area contributed by atoms with Crippen LogP contribution in [0.15, 0.2) is 30.5 Å². The highest BCUT2D eigenvalue weighted by Crippen LogP contribution is 2.37. The lowest BCUT2D eigenvalue weighted by Crippen LogP contribution is -2.16. The summed E-state index contributed by atoms with van der Waals surface area (Å²) in [5.74, 6) is 1.36. The number of hydrogen-bond donors (Lipinski definition) is 2. The third kappa shape index (κ3) is 5.14. The smallest absolute Gasteiger partial charge is 0.233 e. The Hall–Kier alpha value is -2.19. The van der Waals surface area contributed by atoms with Crippen LogP contribution >= 0.6 is 11.6 Å². The summed E-state index contributed by atoms with van der Waals surface area (Å²) >= 11 is 6.08. The van der Waals surface area contributed by atoms with E-state index >= 15 is 0 Å². The summed E-state index contributed by atoms with van der Waals surface area (Å²) in [5, 5.41) is 3.57. The Morgan fingerprint density at radius 3 is 2.44 bits per heavy atom. The molecule has 0 saturated heterocycles. The van der Waals surface area contributed by atoms with E-state index in [0.29, 0.717) is 34.3 Å². The van der Waals surface area contributed by atoms with E-state index in [4.69, 9.17) is 21.1 Å². The lowest BCUT2D eigenvalue weighted by atomic mass is 10.2. The van der Waals surface area contributed by atoms with Gasteiger partial charge in [-0.05, 0) is 18.6 Å². The van der Waals surface area contributed by atoms with Crippen molar-refractivity contribution in [1.82, 2.24) is 4.98 Å². The number of ether oxygens (including phenoxy) is 2. The van der Waals surface area contributed by atoms with Crippen molar-refractivity contribution in [2.45, 2.75) is 13.3 Å². The number of pyridine rings is 1. The van der Waals surface area contributed by atoms with Crippen LogP contribution in [0.4, 0.5) is 17.2 Å². The van der Waals surface area contributed by atoms with Gasteiger partial charge in [-0.25, -0.2) is 13.4 Å². The maximum absolute atomic E-state index is 11.8. The first kappa shape index (κ1) is 19.1. The third-order valence-corrected chi connectivity index (χ3v) is 5.01. The summed E-state index contributed by atoms with van der Waals surface area (Å²) in [5.41, 5.74) is 1.30. The van der Waals surface area contributed by atoms with Crippen molar-refractivity contribution in [2.75, 3.05) is 30.0 Å². The molecule has 0 spiro atoms. The Kier molecular flexibility index (Phi) is 6.33. The van der Waals surface area contributed by atoms with E-state index in [1.807, 2.05) is 0 Å². The van der Waals surface area contributed by atoms with Crippen molar-refractivity contribution in [2.24, 2.45) is 0 Å². The van der Waals surface area contributed by atoms with E-state index < -0.39 is 10.0 Å². The molecule has 0 unspecified atom stereocenters. The summed E-state index contributed by atoms with van der Waals surface area (Å²) in [7, 11) is -0.306. The van der Waals surface area contributed by atoms with Crippen molar-refractivity contribution in [3.63, 3.8) is 0 Å². The molecule has 0 atom stereocenters. The lowest BCUT2D eigenvalue weighted by Gasteiger charge is -2.14. The number of hydrogen-bond acceptors (Lipinski definition) is 6. The number of sulfonamides is 1. The predicted molar refractivity (Wildman–Crippen MR) is 99.8 cm³/mol. The largest absolute Gasteiger partial charge is 0.495 e. The first-order valence-electron chi connectivity index (χ1n) is 7.53. The number of nitrogens with zero attached hydrogens (tertiary/aromatic N) is 1. The zero-order valence-electron chi connectivity index (χ0n) is 14.2. The van der Waals surface area contributed by atoms with Gasteiger partial charge in [0, 0.05) is 12.1 Å². The van der Waals surface area contributed by atoms with Gasteiger partial charge in [0.25, 0.3) is 0 Å². The summed E-state index contributed by atoms with van der Waals surface area (Å²) in [6, 6.07) is 6.63. The zero-order valence-corrected chi connectivity index (χ0v) is 15.7. The molecule has 2 aromatic rings. The minimum Gasteiger partial charge on any atom is -0.495 e. The van der Waals surface area contributed by atoms with Gasteiger partial charge >= 0.3 is 0 Å². The quantitative estimate of drug-likeness (QED) is 0.720. The molecule has 0 radical (unpaired) electrons. The third-order valence-electron chi connectivity index (χ3n) is 3.25. The summed E-state index contributed by atoms with van der Waals surface area (Å²) in [4.78, 5) is 4.11. The Morgan fingerprint density at radius 1 is 1.16 bits per heavy atom. The average molecular weight is 386 g/mol. The van der Waals surface area contributed by atoms with Gasteiger partial charge in [-0.2, -0.15) is 0 Å². The molecule has 0 aliphatic rings. The van der Waals surface area contributed by atoms with E-state index in [1.54, 1.807) is 31.2 Å². The molecular formula is C16H20ClN3O4S. The highest BCUT2D eigenvalue weighted by Gasteiger charge is 2.12. The van der Waals surface area contributed by atoms with Crippen LogP contribution in [0.3, 0.4) is 0 Å². The molecule has 7 nitrogen and oxygen atoms in total. The van der Waals surface area contributed by atoms with Crippen molar-refractivity contribution in [3.05, 3.63) is 35.5 Å². The fourth-order valence-corrected chi connectivity index (χ4v) is 3.43. The van der Waals surface area contributed by atoms with Crippen LogP contribution in [-0.2, 0) is 10.0 Å². The minimum absolute atomic E-state index is 0.0520. The van der Waals surface area contributed by atoms with Crippen molar-refractivity contribution in [1.29, 1.82) is 0 Å². The number of nitrogens with one attached hydrogen (secondary N) is 2. The highest BCUT2D eigenvalue weighted by atomic mass is 35.5. The minimum atomic E-state index is -3.36. The molecule has 0 aliphatic heterocycles. The van der Waals surface area contributed by atoms with Gasteiger partial charge in [0.2, 0.25) is 10.0 Å². The molecule has 1 heterocycles. The van der Waals surface area contributed by atoms with Crippen molar-refractivity contribution >= 4 is 38.8 Å². The number of benzene rings is 1. The molecule has 0 saturated carbocycles. The highest BCUT2D eigenvalue weighted by molar-refractivity contribution is 7.92. The Balaban J connectivity index is 2.19. The Labute approximate surface area is 152 Å². The SMILES string of the molecule is CCCS(=O)(=O)Nc1ccc(Nc2cc(OC)c(Cl)cc2OC)cn1. The van der Waals surface area contributed by atoms with Crippen LogP contribution in [0.25, 0.3) is 0 Å². The second kappa shape index (κ2) is 8.26. The molecule has 0 bridgehead atoms. The molecule has 0 amide bonds.